The zero-order valence-corrected chi connectivity index (χ0v) is 14.3. The molecule has 0 saturated heterocycles. The second kappa shape index (κ2) is 8.71. The summed E-state index contributed by atoms with van der Waals surface area (Å²) in [6.07, 6.45) is 1.43. The Morgan fingerprint density at radius 2 is 1.50 bits per heavy atom. The third kappa shape index (κ3) is 5.62. The van der Waals surface area contributed by atoms with Gasteiger partial charge in [-0.2, -0.15) is 0 Å². The second-order valence-electron chi connectivity index (χ2n) is 5.23. The first-order valence-corrected chi connectivity index (χ1v) is 8.30. The maximum Gasteiger partial charge on any atom is 0.224 e. The molecule has 0 fully saturated rings. The molecule has 2 aromatic carbocycles. The SMILES string of the molecule is CCCC(=O)Nc1ccc(CNCc2ccc(Br)cc2)cc1. The second-order valence-corrected chi connectivity index (χ2v) is 6.14. The molecule has 0 heterocycles. The van der Waals surface area contributed by atoms with Gasteiger partial charge in [-0.05, 0) is 41.8 Å². The molecule has 2 N–H and O–H groups in total. The molecular weight excluding hydrogens is 340 g/mol. The zero-order valence-electron chi connectivity index (χ0n) is 12.7. The van der Waals surface area contributed by atoms with Crippen molar-refractivity contribution in [2.75, 3.05) is 5.32 Å². The van der Waals surface area contributed by atoms with E-state index in [0.29, 0.717) is 6.42 Å². The average molecular weight is 361 g/mol. The molecule has 0 bridgehead atoms. The summed E-state index contributed by atoms with van der Waals surface area (Å²) in [5, 5.41) is 6.31. The monoisotopic (exact) mass is 360 g/mol. The van der Waals surface area contributed by atoms with Crippen LogP contribution >= 0.6 is 15.9 Å². The van der Waals surface area contributed by atoms with Gasteiger partial charge in [-0.1, -0.05) is 47.1 Å². The molecular formula is C18H21BrN2O. The number of rotatable bonds is 7. The van der Waals surface area contributed by atoms with Crippen LogP contribution in [0.3, 0.4) is 0 Å². The minimum atomic E-state index is 0.0728. The Bertz CT molecular complexity index is 593. The highest BCUT2D eigenvalue weighted by atomic mass is 79.9. The summed E-state index contributed by atoms with van der Waals surface area (Å²) in [5.74, 6) is 0.0728. The zero-order chi connectivity index (χ0) is 15.8. The average Bonchev–Trinajstić information content (AvgIpc) is 2.51. The van der Waals surface area contributed by atoms with Gasteiger partial charge in [-0.3, -0.25) is 4.79 Å². The lowest BCUT2D eigenvalue weighted by atomic mass is 10.2. The van der Waals surface area contributed by atoms with Gasteiger partial charge >= 0.3 is 0 Å². The van der Waals surface area contributed by atoms with Gasteiger partial charge in [0.1, 0.15) is 0 Å². The van der Waals surface area contributed by atoms with Gasteiger partial charge in [-0.25, -0.2) is 0 Å². The van der Waals surface area contributed by atoms with Gasteiger partial charge in [0.05, 0.1) is 0 Å². The Kier molecular flexibility index (Phi) is 6.62. The van der Waals surface area contributed by atoms with Crippen molar-refractivity contribution in [3.63, 3.8) is 0 Å². The van der Waals surface area contributed by atoms with E-state index in [1.165, 1.54) is 11.1 Å². The number of hydrogen-bond acceptors (Lipinski definition) is 2. The maximum atomic E-state index is 11.5. The number of amides is 1. The summed E-state index contributed by atoms with van der Waals surface area (Å²) in [5.41, 5.74) is 3.31. The molecule has 0 radical (unpaired) electrons. The normalized spacial score (nSPS) is 10.5. The highest BCUT2D eigenvalue weighted by Crippen LogP contribution is 2.12. The van der Waals surface area contributed by atoms with Crippen LogP contribution in [0.2, 0.25) is 0 Å². The highest BCUT2D eigenvalue weighted by Gasteiger charge is 2.01. The molecule has 4 heteroatoms. The topological polar surface area (TPSA) is 41.1 Å². The smallest absolute Gasteiger partial charge is 0.224 e. The number of nitrogens with one attached hydrogen (secondary N) is 2. The van der Waals surface area contributed by atoms with Crippen LogP contribution < -0.4 is 10.6 Å². The van der Waals surface area contributed by atoms with Crippen LogP contribution in [0.1, 0.15) is 30.9 Å². The van der Waals surface area contributed by atoms with E-state index in [9.17, 15) is 4.79 Å². The third-order valence-electron chi connectivity index (χ3n) is 3.29. The van der Waals surface area contributed by atoms with E-state index in [1.54, 1.807) is 0 Å². The van der Waals surface area contributed by atoms with Crippen molar-refractivity contribution in [1.29, 1.82) is 0 Å². The summed E-state index contributed by atoms with van der Waals surface area (Å²) in [4.78, 5) is 11.5. The molecule has 116 valence electrons. The van der Waals surface area contributed by atoms with Gasteiger partial charge in [0.25, 0.3) is 0 Å². The number of carbonyl (C=O) groups excluding carboxylic acids is 1. The lowest BCUT2D eigenvalue weighted by Gasteiger charge is -2.08. The Morgan fingerprint density at radius 3 is 2.05 bits per heavy atom. The molecule has 0 spiro atoms. The van der Waals surface area contributed by atoms with Gasteiger partial charge in [0.15, 0.2) is 0 Å². The minimum absolute atomic E-state index is 0.0728. The maximum absolute atomic E-state index is 11.5. The number of carbonyl (C=O) groups is 1. The lowest BCUT2D eigenvalue weighted by Crippen LogP contribution is -2.13. The van der Waals surface area contributed by atoms with Crippen molar-refractivity contribution in [3.05, 3.63) is 64.1 Å². The molecule has 0 aromatic heterocycles. The Hall–Kier alpha value is -1.65. The molecule has 0 aliphatic rings. The standard InChI is InChI=1S/C18H21BrN2O/c1-2-3-18(22)21-17-10-6-15(7-11-17)13-20-12-14-4-8-16(19)9-5-14/h4-11,20H,2-3,12-13H2,1H3,(H,21,22). The largest absolute Gasteiger partial charge is 0.326 e. The summed E-state index contributed by atoms with van der Waals surface area (Å²) < 4.78 is 1.09. The first-order valence-electron chi connectivity index (χ1n) is 7.51. The molecule has 22 heavy (non-hydrogen) atoms. The predicted octanol–water partition coefficient (Wildman–Crippen LogP) is 4.48. The van der Waals surface area contributed by atoms with Gasteiger partial charge < -0.3 is 10.6 Å². The minimum Gasteiger partial charge on any atom is -0.326 e. The lowest BCUT2D eigenvalue weighted by molar-refractivity contribution is -0.116. The molecule has 1 amide bonds. The van der Waals surface area contributed by atoms with Crippen molar-refractivity contribution in [3.8, 4) is 0 Å². The van der Waals surface area contributed by atoms with Crippen molar-refractivity contribution < 1.29 is 4.79 Å². The van der Waals surface area contributed by atoms with E-state index in [4.69, 9.17) is 0 Å². The van der Waals surface area contributed by atoms with E-state index >= 15 is 0 Å². The van der Waals surface area contributed by atoms with E-state index in [2.05, 4.69) is 38.7 Å². The third-order valence-corrected chi connectivity index (χ3v) is 3.81. The van der Waals surface area contributed by atoms with Crippen molar-refractivity contribution in [1.82, 2.24) is 5.32 Å². The summed E-state index contributed by atoms with van der Waals surface area (Å²) in [7, 11) is 0. The molecule has 2 rings (SSSR count). The van der Waals surface area contributed by atoms with Gasteiger partial charge in [0.2, 0.25) is 5.91 Å². The van der Waals surface area contributed by atoms with Crippen LogP contribution in [0.15, 0.2) is 53.0 Å². The molecule has 0 aliphatic carbocycles. The quantitative estimate of drug-likeness (QED) is 0.764. The van der Waals surface area contributed by atoms with Crippen LogP contribution in [0.25, 0.3) is 0 Å². The number of benzene rings is 2. The van der Waals surface area contributed by atoms with Gasteiger partial charge in [0, 0.05) is 29.7 Å². The Balaban J connectivity index is 1.78. The predicted molar refractivity (Wildman–Crippen MR) is 94.7 cm³/mol. The molecule has 0 saturated carbocycles. The Morgan fingerprint density at radius 1 is 0.955 bits per heavy atom. The summed E-state index contributed by atoms with van der Waals surface area (Å²) in [6, 6.07) is 16.3. The van der Waals surface area contributed by atoms with Crippen LogP contribution in [0.5, 0.6) is 0 Å². The fourth-order valence-corrected chi connectivity index (χ4v) is 2.37. The highest BCUT2D eigenvalue weighted by molar-refractivity contribution is 9.10. The molecule has 0 unspecified atom stereocenters. The number of halogens is 1. The molecule has 0 atom stereocenters. The molecule has 3 nitrogen and oxygen atoms in total. The molecule has 0 aliphatic heterocycles. The Labute approximate surface area is 140 Å². The van der Waals surface area contributed by atoms with E-state index in [0.717, 1.165) is 29.7 Å². The van der Waals surface area contributed by atoms with Crippen molar-refractivity contribution >= 4 is 27.5 Å². The fourth-order valence-electron chi connectivity index (χ4n) is 2.11. The number of hydrogen-bond donors (Lipinski definition) is 2. The van der Waals surface area contributed by atoms with Gasteiger partial charge in [-0.15, -0.1) is 0 Å². The van der Waals surface area contributed by atoms with Crippen LogP contribution in [-0.4, -0.2) is 5.91 Å². The van der Waals surface area contributed by atoms with Crippen LogP contribution in [0.4, 0.5) is 5.69 Å². The van der Waals surface area contributed by atoms with Crippen LogP contribution in [0, 0.1) is 0 Å². The van der Waals surface area contributed by atoms with Crippen LogP contribution in [-0.2, 0) is 17.9 Å². The van der Waals surface area contributed by atoms with E-state index < -0.39 is 0 Å². The number of anilines is 1. The first-order chi connectivity index (χ1) is 10.7. The van der Waals surface area contributed by atoms with E-state index in [-0.39, 0.29) is 5.91 Å². The first kappa shape index (κ1) is 16.7. The summed E-state index contributed by atoms with van der Waals surface area (Å²) >= 11 is 3.43. The van der Waals surface area contributed by atoms with Crippen molar-refractivity contribution in [2.24, 2.45) is 0 Å². The summed E-state index contributed by atoms with van der Waals surface area (Å²) in [6.45, 7) is 3.64. The fraction of sp³-hybridized carbons (Fsp3) is 0.278. The van der Waals surface area contributed by atoms with E-state index in [1.807, 2.05) is 43.3 Å². The molecule has 2 aromatic rings. The van der Waals surface area contributed by atoms with Crippen molar-refractivity contribution in [2.45, 2.75) is 32.9 Å².